The van der Waals surface area contributed by atoms with Gasteiger partial charge < -0.3 is 72.3 Å². The summed E-state index contributed by atoms with van der Waals surface area (Å²) in [5, 5.41) is 46.4. The predicted octanol–water partition coefficient (Wildman–Crippen LogP) is 2.36. The van der Waals surface area contributed by atoms with E-state index in [-0.39, 0.29) is 104 Å². The van der Waals surface area contributed by atoms with E-state index in [4.69, 9.17) is 57.6 Å². The highest BCUT2D eigenvalue weighted by Gasteiger charge is 2.29. The Labute approximate surface area is 480 Å². The maximum Gasteiger partial charge on any atom is 0.328 e. The molecule has 0 unspecified atom stereocenters. The van der Waals surface area contributed by atoms with Crippen LogP contribution in [0.15, 0.2) is 53.1 Å². The standard InChI is InChI=1S/C18H19FN6O7.C17H21ClFN3O6.C15H20FN3O5/c19-9-3-7(23-13(27)4-8-11(26)5-12(20)25-16(8)21)6-22-15(9)17(30)24-10(18(31)32)1-2-14(28)29;1-3-27-14(24)6-5-12(17(26)28-4-2)22-16(25)15-11(19)7-10(9-20-15)21-13(23)8-18;1-3-23-12(20)6-5-11(15(22)24-4-2)19-14(21)13-10(16)7-9(17)8-18-13/h3,6,10,26H,1-2,4-5H2,(H,23,27)(H,24,30)(H,28,29)(H,31,32)(H3,20,21,25);7,9,12H,3-6,8H2,1-2H3,(H,21,23)(H,22,25);7-8,11H,3-6,17H2,1-2H3,(H,19,21)/t10-;12-;11-/m000/s1. The molecular formula is C50H60ClF3N12O18. The van der Waals surface area contributed by atoms with Gasteiger partial charge in [0, 0.05) is 43.0 Å². The number of carbonyl (C=O) groups is 11. The van der Waals surface area contributed by atoms with Gasteiger partial charge in [-0.2, -0.15) is 0 Å². The van der Waals surface area contributed by atoms with Crippen molar-refractivity contribution in [2.24, 2.45) is 10.7 Å². The molecule has 13 N–H and O–H groups in total. The molecule has 3 aromatic heterocycles. The number of rotatable bonds is 27. The number of alkyl halides is 1. The van der Waals surface area contributed by atoms with Gasteiger partial charge in [-0.15, -0.1) is 11.6 Å². The van der Waals surface area contributed by atoms with Crippen molar-refractivity contribution in [2.45, 2.75) is 97.2 Å². The van der Waals surface area contributed by atoms with Crippen LogP contribution >= 0.6 is 11.6 Å². The summed E-state index contributed by atoms with van der Waals surface area (Å²) < 4.78 is 61.4. The molecule has 84 heavy (non-hydrogen) atoms. The maximum atomic E-state index is 14.3. The molecule has 0 saturated heterocycles. The first-order valence-electron chi connectivity index (χ1n) is 24.9. The Balaban J connectivity index is 0.000000435. The van der Waals surface area contributed by atoms with Crippen LogP contribution in [-0.2, 0) is 57.3 Å². The van der Waals surface area contributed by atoms with Gasteiger partial charge in [0.15, 0.2) is 40.4 Å². The minimum atomic E-state index is -1.57. The Hall–Kier alpha value is -9.82. The number of hydrogen-bond donors (Lipinski definition) is 11. The first kappa shape index (κ1) is 70.3. The molecule has 4 rings (SSSR count). The number of aliphatic carboxylic acids is 2. The van der Waals surface area contributed by atoms with Crippen LogP contribution in [0.1, 0.15) is 111 Å². The minimum absolute atomic E-state index is 0.0175. The number of carboxylic acids is 2. The number of aliphatic hydroxyl groups excluding tert-OH is 1. The zero-order chi connectivity index (χ0) is 63.2. The number of carbonyl (C=O) groups excluding carboxylic acids is 9. The Morgan fingerprint density at radius 1 is 0.619 bits per heavy atom. The van der Waals surface area contributed by atoms with Crippen LogP contribution in [0.25, 0.3) is 0 Å². The molecule has 1 aliphatic heterocycles. The number of amides is 5. The number of aromatic nitrogens is 3. The lowest BCUT2D eigenvalue weighted by Gasteiger charge is -2.17. The Morgan fingerprint density at radius 2 is 1.02 bits per heavy atom. The van der Waals surface area contributed by atoms with Crippen molar-refractivity contribution < 1.29 is 100 Å². The first-order chi connectivity index (χ1) is 39.7. The van der Waals surface area contributed by atoms with Crippen molar-refractivity contribution in [3.8, 4) is 0 Å². The number of nitrogens with one attached hydrogen (secondary N) is 6. The number of aliphatic hydroxyl groups is 1. The van der Waals surface area contributed by atoms with Crippen molar-refractivity contribution in [3.05, 3.63) is 82.7 Å². The number of ether oxygens (including phenoxy) is 4. The Bertz CT molecular complexity index is 3010. The lowest BCUT2D eigenvalue weighted by molar-refractivity contribution is -0.148. The normalized spacial score (nSPS) is 12.5. The van der Waals surface area contributed by atoms with Gasteiger partial charge in [-0.25, -0.2) is 47.5 Å². The summed E-state index contributed by atoms with van der Waals surface area (Å²) in [5.41, 5.74) is 8.83. The van der Waals surface area contributed by atoms with E-state index in [1.807, 2.05) is 5.32 Å². The van der Waals surface area contributed by atoms with E-state index in [1.165, 1.54) is 0 Å². The van der Waals surface area contributed by atoms with E-state index >= 15 is 0 Å². The molecular weight excluding hydrogens is 1150 g/mol. The number of halogens is 4. The van der Waals surface area contributed by atoms with Gasteiger partial charge >= 0.3 is 35.8 Å². The number of pyridine rings is 3. The third kappa shape index (κ3) is 24.5. The zero-order valence-corrected chi connectivity index (χ0v) is 46.1. The maximum absolute atomic E-state index is 14.3. The minimum Gasteiger partial charge on any atom is -0.511 e. The van der Waals surface area contributed by atoms with Gasteiger partial charge in [0.25, 0.3) is 17.7 Å². The largest absolute Gasteiger partial charge is 0.511 e. The second-order valence-electron chi connectivity index (χ2n) is 16.7. The number of nitrogen functional groups attached to an aromatic ring is 1. The topological polar surface area (TPSA) is 472 Å². The van der Waals surface area contributed by atoms with Crippen LogP contribution in [0.2, 0.25) is 0 Å². The summed E-state index contributed by atoms with van der Waals surface area (Å²) in [6, 6.07) is -1.27. The predicted molar refractivity (Wildman–Crippen MR) is 286 cm³/mol. The summed E-state index contributed by atoms with van der Waals surface area (Å²) in [6.07, 6.45) is 1.25. The molecule has 0 fully saturated rings. The summed E-state index contributed by atoms with van der Waals surface area (Å²) in [7, 11) is 0. The van der Waals surface area contributed by atoms with Crippen molar-refractivity contribution in [3.63, 3.8) is 0 Å². The fourth-order valence-corrected chi connectivity index (χ4v) is 6.62. The molecule has 3 atom stereocenters. The van der Waals surface area contributed by atoms with E-state index < -0.39 is 137 Å². The highest BCUT2D eigenvalue weighted by atomic mass is 35.5. The molecule has 0 spiro atoms. The van der Waals surface area contributed by atoms with Crippen LogP contribution in [0.5, 0.6) is 0 Å². The van der Waals surface area contributed by atoms with E-state index in [9.17, 15) is 71.0 Å². The van der Waals surface area contributed by atoms with E-state index in [0.29, 0.717) is 0 Å². The van der Waals surface area contributed by atoms with Crippen molar-refractivity contribution in [2.75, 3.05) is 48.7 Å². The van der Waals surface area contributed by atoms with E-state index in [2.05, 4.69) is 41.2 Å². The van der Waals surface area contributed by atoms with Crippen LogP contribution < -0.4 is 38.1 Å². The van der Waals surface area contributed by atoms with E-state index in [1.54, 1.807) is 27.7 Å². The Kier molecular flexibility index (Phi) is 30.0. The number of aliphatic imine (C=N–C) groups is 1. The van der Waals surface area contributed by atoms with Crippen molar-refractivity contribution >= 4 is 106 Å². The number of esters is 4. The molecule has 0 aliphatic carbocycles. The third-order valence-electron chi connectivity index (χ3n) is 10.3. The second kappa shape index (κ2) is 35.8. The van der Waals surface area contributed by atoms with E-state index in [0.717, 1.165) is 36.8 Å². The molecule has 0 saturated carbocycles. The van der Waals surface area contributed by atoms with Crippen LogP contribution in [0.3, 0.4) is 0 Å². The van der Waals surface area contributed by atoms with Gasteiger partial charge in [-0.1, -0.05) is 0 Å². The van der Waals surface area contributed by atoms with Gasteiger partial charge in [0.05, 0.1) is 74.9 Å². The smallest absolute Gasteiger partial charge is 0.328 e. The molecule has 4 heterocycles. The summed E-state index contributed by atoms with van der Waals surface area (Å²) in [4.78, 5) is 143. The van der Waals surface area contributed by atoms with Gasteiger partial charge in [-0.3, -0.25) is 43.8 Å². The number of nitrogens with two attached hydrogens (primary N) is 2. The van der Waals surface area contributed by atoms with Crippen LogP contribution in [-0.4, -0.2) is 158 Å². The third-order valence-corrected chi connectivity index (χ3v) is 10.6. The fraction of sp³-hybridized carbons (Fsp3) is 0.400. The monoisotopic (exact) mass is 1210 g/mol. The lowest BCUT2D eigenvalue weighted by Crippen LogP contribution is -2.42. The zero-order valence-electron chi connectivity index (χ0n) is 45.3. The molecule has 0 radical (unpaired) electrons. The first-order valence-corrected chi connectivity index (χ1v) is 25.4. The number of anilines is 3. The lowest BCUT2D eigenvalue weighted by atomic mass is 10.0. The average molecular weight is 1210 g/mol. The van der Waals surface area contributed by atoms with Crippen LogP contribution in [0, 0.1) is 22.9 Å². The fourth-order valence-electron chi connectivity index (χ4n) is 6.56. The quantitative estimate of drug-likeness (QED) is 0.0296. The Morgan fingerprint density at radius 3 is 1.40 bits per heavy atom. The highest BCUT2D eigenvalue weighted by Crippen LogP contribution is 2.20. The number of amidine groups is 2. The molecule has 3 aromatic rings. The van der Waals surface area contributed by atoms with Crippen LogP contribution in [0.4, 0.5) is 30.2 Å². The molecule has 30 nitrogen and oxygen atoms in total. The number of hydrogen-bond acceptors (Lipinski definition) is 22. The highest BCUT2D eigenvalue weighted by molar-refractivity contribution is 6.29. The molecule has 456 valence electrons. The molecule has 34 heteroatoms. The molecule has 5 amide bonds. The molecule has 0 aromatic carbocycles. The molecule has 0 bridgehead atoms. The van der Waals surface area contributed by atoms with Crippen molar-refractivity contribution in [1.29, 1.82) is 5.41 Å². The molecule has 1 aliphatic rings. The SMILES string of the molecule is CCOC(=O)CC[C@H](NC(=O)c1ncc(N)cc1F)C(=O)OCC.CCOC(=O)CC[C@H](NC(=O)c1ncc(NC(=O)CCl)cc1F)C(=O)OCC.N=C1N=C(N)CC(O)=C1CC(=O)Nc1cnc(C(=O)N[C@@H](CCC(=O)O)C(=O)O)c(F)c1. The number of nitrogens with zero attached hydrogens (tertiary/aromatic N) is 4. The average Bonchev–Trinajstić information content (AvgIpc) is 3.52. The van der Waals surface area contributed by atoms with Gasteiger partial charge in [-0.05, 0) is 47.0 Å². The number of carboxylic acid groups (broad SMARTS) is 2. The second-order valence-corrected chi connectivity index (χ2v) is 17.0. The van der Waals surface area contributed by atoms with Crippen molar-refractivity contribution in [1.82, 2.24) is 30.9 Å². The summed E-state index contributed by atoms with van der Waals surface area (Å²) in [6.45, 7) is 7.01. The summed E-state index contributed by atoms with van der Waals surface area (Å²) in [5.74, 6) is -13.8. The summed E-state index contributed by atoms with van der Waals surface area (Å²) >= 11 is 5.34. The van der Waals surface area contributed by atoms with Gasteiger partial charge in [0.2, 0.25) is 11.8 Å². The van der Waals surface area contributed by atoms with Gasteiger partial charge in [0.1, 0.15) is 35.6 Å². The number of dihydropyridines is 1.